The van der Waals surface area contributed by atoms with Gasteiger partial charge in [-0.1, -0.05) is 123 Å². The van der Waals surface area contributed by atoms with Gasteiger partial charge in [-0.05, 0) is 42.4 Å². The third kappa shape index (κ3) is 13.3. The van der Waals surface area contributed by atoms with Crippen LogP contribution >= 0.6 is 31.9 Å². The maximum Gasteiger partial charge on any atom is 0.303 e. The van der Waals surface area contributed by atoms with Crippen LogP contribution in [-0.2, 0) is 57.8 Å². The van der Waals surface area contributed by atoms with Crippen molar-refractivity contribution in [2.24, 2.45) is 0 Å². The number of halogens is 2. The summed E-state index contributed by atoms with van der Waals surface area (Å²) in [5.74, 6) is -0.454. The molecule has 4 unspecified atom stereocenters. The molecule has 0 aromatic heterocycles. The van der Waals surface area contributed by atoms with Gasteiger partial charge in [0.05, 0.1) is 26.4 Å². The standard InChI is InChI=1S/C38H48Br2O8/c1-28(41)47-37-36(46-26-31-18-10-5-11-19-31)35(45-25-30-16-8-4-9-17-30)34(27-43-24-29-14-6-3-7-15-29)48-38(37)44-23-13-21-33(40)32(39)20-12-22-42-2/h3-11,14-19,32-38H,12-13,20-27H2,1-2H3/t32?,33?,34?,35-,36+,37?,38+/m1/s1. The van der Waals surface area contributed by atoms with Crippen molar-refractivity contribution in [1.29, 1.82) is 0 Å². The van der Waals surface area contributed by atoms with Crippen molar-refractivity contribution >= 4 is 37.8 Å². The van der Waals surface area contributed by atoms with Crippen molar-refractivity contribution in [2.45, 2.75) is 92.8 Å². The molecule has 0 spiro atoms. The lowest BCUT2D eigenvalue weighted by atomic mass is 9.97. The molecular weight excluding hydrogens is 744 g/mol. The van der Waals surface area contributed by atoms with Gasteiger partial charge in [-0.3, -0.25) is 4.79 Å². The molecule has 7 atom stereocenters. The van der Waals surface area contributed by atoms with Gasteiger partial charge in [0, 0.05) is 36.9 Å². The van der Waals surface area contributed by atoms with E-state index in [1.165, 1.54) is 6.92 Å². The van der Waals surface area contributed by atoms with Crippen molar-refractivity contribution in [3.8, 4) is 0 Å². The average molecular weight is 793 g/mol. The topological polar surface area (TPSA) is 81.7 Å². The number of rotatable bonds is 21. The van der Waals surface area contributed by atoms with E-state index in [0.717, 1.165) is 49.0 Å². The fourth-order valence-corrected chi connectivity index (χ4v) is 6.69. The molecule has 262 valence electrons. The number of esters is 1. The molecule has 4 rings (SSSR count). The van der Waals surface area contributed by atoms with Crippen LogP contribution in [0.4, 0.5) is 0 Å². The Balaban J connectivity index is 1.52. The normalized spacial score (nSPS) is 22.2. The summed E-state index contributed by atoms with van der Waals surface area (Å²) < 4.78 is 43.4. The SMILES string of the molecule is COCCCC(Br)C(Br)CCCO[C@H]1OC(COCc2ccccc2)[C@@H](OCc2ccccc2)[C@H](OCc2ccccc2)C1OC(C)=O. The van der Waals surface area contributed by atoms with Gasteiger partial charge in [0.15, 0.2) is 12.4 Å². The number of hydrogen-bond donors (Lipinski definition) is 0. The Kier molecular flexibility index (Phi) is 17.6. The predicted molar refractivity (Wildman–Crippen MR) is 192 cm³/mol. The van der Waals surface area contributed by atoms with Crippen molar-refractivity contribution in [3.63, 3.8) is 0 Å². The van der Waals surface area contributed by atoms with Crippen molar-refractivity contribution in [1.82, 2.24) is 0 Å². The predicted octanol–water partition coefficient (Wildman–Crippen LogP) is 7.78. The van der Waals surface area contributed by atoms with Gasteiger partial charge in [0.2, 0.25) is 0 Å². The first-order valence-corrected chi connectivity index (χ1v) is 18.4. The minimum absolute atomic E-state index is 0.225. The first-order chi connectivity index (χ1) is 23.4. The smallest absolute Gasteiger partial charge is 0.303 e. The van der Waals surface area contributed by atoms with E-state index < -0.39 is 36.7 Å². The molecular formula is C38H48Br2O8. The molecule has 8 nitrogen and oxygen atoms in total. The van der Waals surface area contributed by atoms with E-state index in [1.54, 1.807) is 7.11 Å². The zero-order chi connectivity index (χ0) is 34.0. The Morgan fingerprint density at radius 2 is 1.19 bits per heavy atom. The molecule has 0 bridgehead atoms. The zero-order valence-corrected chi connectivity index (χ0v) is 31.0. The fraction of sp³-hybridized carbons (Fsp3) is 0.500. The summed E-state index contributed by atoms with van der Waals surface area (Å²) in [6.07, 6.45) is 0.00723. The van der Waals surface area contributed by atoms with E-state index in [9.17, 15) is 4.79 Å². The van der Waals surface area contributed by atoms with Gasteiger partial charge in [-0.25, -0.2) is 0 Å². The maximum atomic E-state index is 12.5. The number of carbonyl (C=O) groups excluding carboxylic acids is 1. The van der Waals surface area contributed by atoms with E-state index in [0.29, 0.717) is 31.3 Å². The highest BCUT2D eigenvalue weighted by molar-refractivity contribution is 9.12. The molecule has 0 saturated carbocycles. The van der Waals surface area contributed by atoms with Crippen LogP contribution in [0.2, 0.25) is 0 Å². The van der Waals surface area contributed by atoms with E-state index in [4.69, 9.17) is 33.2 Å². The molecule has 1 aliphatic heterocycles. The van der Waals surface area contributed by atoms with E-state index in [1.807, 2.05) is 91.0 Å². The van der Waals surface area contributed by atoms with Gasteiger partial charge in [-0.2, -0.15) is 0 Å². The van der Waals surface area contributed by atoms with Gasteiger partial charge < -0.3 is 33.2 Å². The molecule has 1 aliphatic rings. The Morgan fingerprint density at radius 3 is 1.71 bits per heavy atom. The van der Waals surface area contributed by atoms with E-state index in [2.05, 4.69) is 31.9 Å². The number of hydrogen-bond acceptors (Lipinski definition) is 8. The summed E-state index contributed by atoms with van der Waals surface area (Å²) in [5.41, 5.74) is 3.04. The highest BCUT2D eigenvalue weighted by Gasteiger charge is 2.50. The van der Waals surface area contributed by atoms with Crippen LogP contribution < -0.4 is 0 Å². The highest BCUT2D eigenvalue weighted by atomic mass is 79.9. The van der Waals surface area contributed by atoms with Crippen LogP contribution in [0.25, 0.3) is 0 Å². The average Bonchev–Trinajstić information content (AvgIpc) is 3.10. The minimum atomic E-state index is -0.883. The maximum absolute atomic E-state index is 12.5. The largest absolute Gasteiger partial charge is 0.454 e. The third-order valence-corrected chi connectivity index (χ3v) is 10.9. The first-order valence-electron chi connectivity index (χ1n) is 16.6. The molecule has 10 heteroatoms. The molecule has 1 fully saturated rings. The molecule has 0 amide bonds. The summed E-state index contributed by atoms with van der Waals surface area (Å²) in [7, 11) is 1.72. The summed E-state index contributed by atoms with van der Waals surface area (Å²) >= 11 is 7.62. The second-order valence-corrected chi connectivity index (χ2v) is 14.2. The van der Waals surface area contributed by atoms with Gasteiger partial charge in [0.25, 0.3) is 0 Å². The van der Waals surface area contributed by atoms with E-state index in [-0.39, 0.29) is 11.4 Å². The van der Waals surface area contributed by atoms with E-state index >= 15 is 0 Å². The number of ether oxygens (including phenoxy) is 7. The van der Waals surface area contributed by atoms with Crippen molar-refractivity contribution in [2.75, 3.05) is 26.9 Å². The monoisotopic (exact) mass is 790 g/mol. The molecule has 3 aromatic rings. The quantitative estimate of drug-likeness (QED) is 0.0615. The Morgan fingerprint density at radius 1 is 0.688 bits per heavy atom. The van der Waals surface area contributed by atoms with Crippen LogP contribution in [0.1, 0.15) is 49.3 Å². The summed E-state index contributed by atoms with van der Waals surface area (Å²) in [6.45, 7) is 3.77. The van der Waals surface area contributed by atoms with Crippen LogP contribution in [0.3, 0.4) is 0 Å². The third-order valence-electron chi connectivity index (χ3n) is 7.98. The molecule has 0 aliphatic carbocycles. The van der Waals surface area contributed by atoms with Crippen molar-refractivity contribution in [3.05, 3.63) is 108 Å². The molecule has 0 radical (unpaired) electrons. The number of methoxy groups -OCH3 is 1. The van der Waals surface area contributed by atoms with Crippen LogP contribution in [-0.4, -0.2) is 73.3 Å². The highest BCUT2D eigenvalue weighted by Crippen LogP contribution is 2.32. The Bertz CT molecular complexity index is 1290. The fourth-order valence-electron chi connectivity index (χ4n) is 5.52. The zero-order valence-electron chi connectivity index (χ0n) is 27.8. The van der Waals surface area contributed by atoms with Crippen LogP contribution in [0, 0.1) is 0 Å². The van der Waals surface area contributed by atoms with Crippen molar-refractivity contribution < 1.29 is 38.0 Å². The van der Waals surface area contributed by atoms with Gasteiger partial charge >= 0.3 is 5.97 Å². The molecule has 48 heavy (non-hydrogen) atoms. The second-order valence-electron chi connectivity index (χ2n) is 11.8. The van der Waals surface area contributed by atoms with Crippen LogP contribution in [0.5, 0.6) is 0 Å². The lowest BCUT2D eigenvalue weighted by Gasteiger charge is -2.45. The summed E-state index contributed by atoms with van der Waals surface area (Å²) in [6, 6.07) is 29.8. The first kappa shape index (κ1) is 38.6. The molecule has 3 aromatic carbocycles. The van der Waals surface area contributed by atoms with Gasteiger partial charge in [-0.15, -0.1) is 0 Å². The number of benzene rings is 3. The van der Waals surface area contributed by atoms with Gasteiger partial charge in [0.1, 0.15) is 18.3 Å². The van der Waals surface area contributed by atoms with Crippen LogP contribution in [0.15, 0.2) is 91.0 Å². The molecule has 1 saturated heterocycles. The second kappa shape index (κ2) is 21.8. The summed E-state index contributed by atoms with van der Waals surface area (Å²) in [5, 5.41) is 0. The summed E-state index contributed by atoms with van der Waals surface area (Å²) in [4.78, 5) is 13.1. The minimum Gasteiger partial charge on any atom is -0.454 e. The lowest BCUT2D eigenvalue weighted by Crippen LogP contribution is -2.62. The molecule has 1 heterocycles. The Labute approximate surface area is 302 Å². The number of carbonyl (C=O) groups is 1. The lowest BCUT2D eigenvalue weighted by molar-refractivity contribution is -0.321. The Hall–Kier alpha value is -2.15. The molecule has 0 N–H and O–H groups in total. The number of alkyl halides is 2.